The topological polar surface area (TPSA) is 57.2 Å². The van der Waals surface area contributed by atoms with E-state index in [9.17, 15) is 13.0 Å². The summed E-state index contributed by atoms with van der Waals surface area (Å²) in [6, 6.07) is 0. The van der Waals surface area contributed by atoms with Crippen LogP contribution in [-0.4, -0.2) is 18.7 Å². The molecule has 0 atom stereocenters. The van der Waals surface area contributed by atoms with Gasteiger partial charge in [0.1, 0.15) is 0 Å². The van der Waals surface area contributed by atoms with Crippen molar-refractivity contribution in [3.63, 3.8) is 0 Å². The first-order chi connectivity index (χ1) is 7.56. The van der Waals surface area contributed by atoms with Crippen LogP contribution in [-0.2, 0) is 10.1 Å². The van der Waals surface area contributed by atoms with Gasteiger partial charge in [-0.1, -0.05) is 44.6 Å². The molecule has 0 aromatic rings. The van der Waals surface area contributed by atoms with Gasteiger partial charge < -0.3 is 4.55 Å². The number of hydrogen-bond acceptors (Lipinski definition) is 3. The Balaban J connectivity index is 0. The van der Waals surface area contributed by atoms with Crippen molar-refractivity contribution in [3.05, 3.63) is 12.7 Å². The second-order valence-corrected chi connectivity index (χ2v) is 5.69. The van der Waals surface area contributed by atoms with Gasteiger partial charge in [-0.05, 0) is 19.3 Å². The Hall–Kier alpha value is 0.650. The summed E-state index contributed by atoms with van der Waals surface area (Å²) in [4.78, 5) is 0. The minimum Gasteiger partial charge on any atom is -0.748 e. The molecule has 0 amide bonds. The second kappa shape index (κ2) is 13.1. The Labute approximate surface area is 128 Å². The van der Waals surface area contributed by atoms with Crippen molar-refractivity contribution in [3.8, 4) is 0 Å². The fourth-order valence-electron chi connectivity index (χ4n) is 1.63. The van der Waals surface area contributed by atoms with Crippen LogP contribution in [0.4, 0.5) is 0 Å². The van der Waals surface area contributed by atoms with Gasteiger partial charge in [-0.3, -0.25) is 0 Å². The summed E-state index contributed by atoms with van der Waals surface area (Å²) in [6.07, 6.45) is 11.5. The Morgan fingerprint density at radius 1 is 0.882 bits per heavy atom. The van der Waals surface area contributed by atoms with E-state index in [4.69, 9.17) is 0 Å². The van der Waals surface area contributed by atoms with E-state index >= 15 is 0 Å². The fourth-order valence-corrected chi connectivity index (χ4v) is 2.19. The van der Waals surface area contributed by atoms with Crippen LogP contribution in [0.3, 0.4) is 0 Å². The molecule has 0 aliphatic carbocycles. The van der Waals surface area contributed by atoms with Crippen LogP contribution < -0.4 is 29.6 Å². The monoisotopic (exact) mass is 270 g/mol. The molecule has 0 unspecified atom stereocenters. The van der Waals surface area contributed by atoms with Crippen molar-refractivity contribution >= 4 is 10.1 Å². The van der Waals surface area contributed by atoms with Crippen molar-refractivity contribution in [2.75, 3.05) is 5.75 Å². The average molecular weight is 270 g/mol. The molecule has 0 aromatic heterocycles. The van der Waals surface area contributed by atoms with Crippen LogP contribution in [0.15, 0.2) is 12.7 Å². The molecule has 0 spiro atoms. The van der Waals surface area contributed by atoms with E-state index < -0.39 is 10.1 Å². The van der Waals surface area contributed by atoms with Gasteiger partial charge in [0, 0.05) is 5.75 Å². The van der Waals surface area contributed by atoms with Gasteiger partial charge in [0.15, 0.2) is 0 Å². The summed E-state index contributed by atoms with van der Waals surface area (Å²) in [5.41, 5.74) is 0. The second-order valence-electron chi connectivity index (χ2n) is 4.17. The number of hydrogen-bond donors (Lipinski definition) is 0. The van der Waals surface area contributed by atoms with E-state index in [0.717, 1.165) is 25.7 Å². The number of rotatable bonds is 11. The first-order valence-corrected chi connectivity index (χ1v) is 7.68. The van der Waals surface area contributed by atoms with Crippen LogP contribution in [0, 0.1) is 0 Å². The van der Waals surface area contributed by atoms with Gasteiger partial charge in [0.25, 0.3) is 0 Å². The molecule has 0 aromatic carbocycles. The molecule has 0 saturated heterocycles. The van der Waals surface area contributed by atoms with Gasteiger partial charge in [-0.2, -0.15) is 0 Å². The third-order valence-electron chi connectivity index (χ3n) is 2.55. The maximum absolute atomic E-state index is 10.3. The van der Waals surface area contributed by atoms with Crippen molar-refractivity contribution < 1.29 is 42.5 Å². The van der Waals surface area contributed by atoms with E-state index in [-0.39, 0.29) is 35.3 Å². The minimum atomic E-state index is -3.99. The fraction of sp³-hybridized carbons (Fsp3) is 0.833. The molecule has 5 heteroatoms. The summed E-state index contributed by atoms with van der Waals surface area (Å²) in [6.45, 7) is 3.67. The maximum Gasteiger partial charge on any atom is 1.00 e. The maximum atomic E-state index is 10.3. The molecule has 0 heterocycles. The summed E-state index contributed by atoms with van der Waals surface area (Å²) >= 11 is 0. The van der Waals surface area contributed by atoms with Crippen LogP contribution >= 0.6 is 0 Å². The smallest absolute Gasteiger partial charge is 0.748 e. The quantitative estimate of drug-likeness (QED) is 0.234. The SMILES string of the molecule is C=CCCCCCCCCCCS(=O)(=O)[O-].[Na+]. The summed E-state index contributed by atoms with van der Waals surface area (Å²) in [5.74, 6) is -0.202. The van der Waals surface area contributed by atoms with Crippen LogP contribution in [0.2, 0.25) is 0 Å². The van der Waals surface area contributed by atoms with Crippen molar-refractivity contribution in [1.29, 1.82) is 0 Å². The molecular formula is C12H23NaO3S. The molecular weight excluding hydrogens is 247 g/mol. The predicted octanol–water partition coefficient (Wildman–Crippen LogP) is 0.233. The minimum absolute atomic E-state index is 0. The Morgan fingerprint density at radius 2 is 1.29 bits per heavy atom. The summed E-state index contributed by atoms with van der Waals surface area (Å²) < 4.78 is 30.9. The van der Waals surface area contributed by atoms with Gasteiger partial charge in [-0.15, -0.1) is 6.58 Å². The van der Waals surface area contributed by atoms with E-state index in [1.165, 1.54) is 25.7 Å². The summed E-state index contributed by atoms with van der Waals surface area (Å²) in [7, 11) is -3.99. The molecule has 0 N–H and O–H groups in total. The van der Waals surface area contributed by atoms with Crippen molar-refractivity contribution in [2.45, 2.75) is 57.8 Å². The molecule has 0 rings (SSSR count). The van der Waals surface area contributed by atoms with Gasteiger partial charge >= 0.3 is 29.6 Å². The van der Waals surface area contributed by atoms with E-state index in [1.54, 1.807) is 0 Å². The molecule has 96 valence electrons. The van der Waals surface area contributed by atoms with Crippen LogP contribution in [0.5, 0.6) is 0 Å². The third-order valence-corrected chi connectivity index (χ3v) is 3.34. The first-order valence-electron chi connectivity index (χ1n) is 6.11. The van der Waals surface area contributed by atoms with Crippen LogP contribution in [0.1, 0.15) is 57.8 Å². The molecule has 17 heavy (non-hydrogen) atoms. The molecule has 0 fully saturated rings. The molecule has 0 aliphatic heterocycles. The molecule has 0 bridgehead atoms. The Morgan fingerprint density at radius 3 is 1.71 bits per heavy atom. The van der Waals surface area contributed by atoms with Gasteiger partial charge in [-0.25, -0.2) is 8.42 Å². The standard InChI is InChI=1S/C12H24O3S.Na/c1-2-3-4-5-6-7-8-9-10-11-12-16(13,14)15;/h2H,1,3-12H2,(H,13,14,15);/q;+1/p-1. The molecule has 0 radical (unpaired) electrons. The van der Waals surface area contributed by atoms with E-state index in [1.807, 2.05) is 6.08 Å². The number of unbranched alkanes of at least 4 members (excludes halogenated alkanes) is 8. The van der Waals surface area contributed by atoms with E-state index in [2.05, 4.69) is 6.58 Å². The van der Waals surface area contributed by atoms with Crippen molar-refractivity contribution in [2.24, 2.45) is 0 Å². The first kappa shape index (κ1) is 20.0. The predicted molar refractivity (Wildman–Crippen MR) is 66.3 cm³/mol. The number of allylic oxidation sites excluding steroid dienone is 1. The van der Waals surface area contributed by atoms with Crippen LogP contribution in [0.25, 0.3) is 0 Å². The normalized spacial score (nSPS) is 10.9. The average Bonchev–Trinajstić information content (AvgIpc) is 2.19. The van der Waals surface area contributed by atoms with E-state index in [0.29, 0.717) is 6.42 Å². The van der Waals surface area contributed by atoms with Crippen molar-refractivity contribution in [1.82, 2.24) is 0 Å². The molecule has 3 nitrogen and oxygen atoms in total. The van der Waals surface area contributed by atoms with Gasteiger partial charge in [0.2, 0.25) is 0 Å². The molecule has 0 aliphatic rings. The Kier molecular flexibility index (Phi) is 15.4. The molecule has 0 saturated carbocycles. The zero-order valence-electron chi connectivity index (χ0n) is 11.0. The van der Waals surface area contributed by atoms with Gasteiger partial charge in [0.05, 0.1) is 10.1 Å². The zero-order valence-corrected chi connectivity index (χ0v) is 13.8. The third kappa shape index (κ3) is 19.2. The summed E-state index contributed by atoms with van der Waals surface area (Å²) in [5, 5.41) is 0. The zero-order chi connectivity index (χ0) is 12.3. The Bertz CT molecular complexity index is 263. The largest absolute Gasteiger partial charge is 1.00 e.